The van der Waals surface area contributed by atoms with Gasteiger partial charge in [-0.15, -0.1) is 0 Å². The standard InChI is InChI=1S/C20H18O7S2/c1-14-3-9-17(10-4-14)28(21,22)18-11-12-19(20(13-18)29(23,24)25)27-16-7-5-15(26-2)6-8-16/h3-13H,1-2H3,(H,23,24,25). The molecule has 0 saturated carbocycles. The highest BCUT2D eigenvalue weighted by atomic mass is 32.2. The predicted molar refractivity (Wildman–Crippen MR) is 106 cm³/mol. The molecule has 29 heavy (non-hydrogen) atoms. The molecule has 0 aliphatic heterocycles. The van der Waals surface area contributed by atoms with Gasteiger partial charge in [-0.3, -0.25) is 4.55 Å². The zero-order chi connectivity index (χ0) is 21.2. The van der Waals surface area contributed by atoms with Gasteiger partial charge in [-0.1, -0.05) is 17.7 Å². The summed E-state index contributed by atoms with van der Waals surface area (Å²) < 4.78 is 69.6. The van der Waals surface area contributed by atoms with Crippen molar-refractivity contribution in [2.75, 3.05) is 7.11 Å². The van der Waals surface area contributed by atoms with Crippen LogP contribution in [0.3, 0.4) is 0 Å². The van der Waals surface area contributed by atoms with Crippen molar-refractivity contribution in [3.05, 3.63) is 72.3 Å². The lowest BCUT2D eigenvalue weighted by molar-refractivity contribution is 0.412. The number of rotatable bonds is 6. The molecule has 3 rings (SSSR count). The minimum atomic E-state index is -4.75. The molecule has 0 fully saturated rings. The van der Waals surface area contributed by atoms with Crippen LogP contribution in [0.25, 0.3) is 0 Å². The normalized spacial score (nSPS) is 11.8. The minimum Gasteiger partial charge on any atom is -0.497 e. The molecule has 0 atom stereocenters. The lowest BCUT2D eigenvalue weighted by Gasteiger charge is -2.12. The third-order valence-corrected chi connectivity index (χ3v) is 6.76. The van der Waals surface area contributed by atoms with E-state index in [0.29, 0.717) is 5.75 Å². The predicted octanol–water partition coefficient (Wildman–Crippen LogP) is 3.88. The molecule has 0 aliphatic carbocycles. The molecule has 9 heteroatoms. The number of hydrogen-bond acceptors (Lipinski definition) is 6. The second kappa shape index (κ2) is 7.86. The summed E-state index contributed by atoms with van der Waals surface area (Å²) in [6, 6.07) is 15.7. The Labute approximate surface area is 169 Å². The lowest BCUT2D eigenvalue weighted by Crippen LogP contribution is -2.06. The summed E-state index contributed by atoms with van der Waals surface area (Å²) in [5.74, 6) is 0.650. The topological polar surface area (TPSA) is 107 Å². The fraction of sp³-hybridized carbons (Fsp3) is 0.100. The lowest BCUT2D eigenvalue weighted by atomic mass is 10.2. The van der Waals surface area contributed by atoms with Crippen molar-refractivity contribution < 1.29 is 30.9 Å². The quantitative estimate of drug-likeness (QED) is 0.587. The zero-order valence-corrected chi connectivity index (χ0v) is 17.2. The van der Waals surface area contributed by atoms with Gasteiger partial charge in [0.1, 0.15) is 22.1 Å². The fourth-order valence-corrected chi connectivity index (χ4v) is 4.57. The SMILES string of the molecule is COc1ccc(Oc2ccc(S(=O)(=O)c3ccc(C)cc3)cc2S(=O)(=O)O)cc1. The third kappa shape index (κ3) is 4.58. The number of ether oxygens (including phenoxy) is 2. The summed E-state index contributed by atoms with van der Waals surface area (Å²) in [5, 5.41) is 0. The Balaban J connectivity index is 2.05. The largest absolute Gasteiger partial charge is 0.497 e. The average Bonchev–Trinajstić information content (AvgIpc) is 2.68. The van der Waals surface area contributed by atoms with Gasteiger partial charge in [0.05, 0.1) is 16.9 Å². The van der Waals surface area contributed by atoms with E-state index in [1.165, 1.54) is 31.4 Å². The van der Waals surface area contributed by atoms with E-state index in [0.717, 1.165) is 11.6 Å². The monoisotopic (exact) mass is 434 g/mol. The molecular formula is C20H18O7S2. The first-order chi connectivity index (χ1) is 13.6. The summed E-state index contributed by atoms with van der Waals surface area (Å²) in [4.78, 5) is -0.925. The molecule has 0 heterocycles. The van der Waals surface area contributed by atoms with E-state index in [2.05, 4.69) is 0 Å². The molecule has 0 bridgehead atoms. The molecule has 0 amide bonds. The summed E-state index contributed by atoms with van der Waals surface area (Å²) in [6.07, 6.45) is 0. The molecule has 0 saturated heterocycles. The first kappa shape index (κ1) is 20.8. The Morgan fingerprint density at radius 1 is 0.759 bits per heavy atom. The maximum absolute atomic E-state index is 12.8. The first-order valence-electron chi connectivity index (χ1n) is 8.36. The minimum absolute atomic E-state index is 0.00760. The number of methoxy groups -OCH3 is 1. The maximum atomic E-state index is 12.8. The molecule has 1 N–H and O–H groups in total. The van der Waals surface area contributed by atoms with E-state index in [4.69, 9.17) is 9.47 Å². The molecule has 0 aromatic heterocycles. The van der Waals surface area contributed by atoms with E-state index in [-0.39, 0.29) is 21.3 Å². The van der Waals surface area contributed by atoms with Crippen LogP contribution in [0.4, 0.5) is 0 Å². The van der Waals surface area contributed by atoms with Crippen molar-refractivity contribution in [3.8, 4) is 17.2 Å². The Hall–Kier alpha value is -2.88. The highest BCUT2D eigenvalue weighted by molar-refractivity contribution is 7.91. The van der Waals surface area contributed by atoms with Crippen LogP contribution in [0.5, 0.6) is 17.2 Å². The van der Waals surface area contributed by atoms with Gasteiger partial charge < -0.3 is 9.47 Å². The van der Waals surface area contributed by atoms with Crippen LogP contribution in [0.2, 0.25) is 0 Å². The second-order valence-corrected chi connectivity index (χ2v) is 9.52. The van der Waals surface area contributed by atoms with Crippen molar-refractivity contribution in [1.82, 2.24) is 0 Å². The first-order valence-corrected chi connectivity index (χ1v) is 11.3. The van der Waals surface area contributed by atoms with E-state index in [1.807, 2.05) is 6.92 Å². The summed E-state index contributed by atoms with van der Waals surface area (Å²) in [7, 11) is -7.24. The van der Waals surface area contributed by atoms with Gasteiger partial charge in [-0.25, -0.2) is 8.42 Å². The summed E-state index contributed by atoms with van der Waals surface area (Å²) in [5.41, 5.74) is 0.880. The van der Waals surface area contributed by atoms with Gasteiger partial charge in [0.2, 0.25) is 9.84 Å². The highest BCUT2D eigenvalue weighted by Gasteiger charge is 2.24. The Morgan fingerprint density at radius 3 is 1.86 bits per heavy atom. The van der Waals surface area contributed by atoms with E-state index >= 15 is 0 Å². The van der Waals surface area contributed by atoms with Crippen LogP contribution >= 0.6 is 0 Å². The van der Waals surface area contributed by atoms with Crippen LogP contribution in [0.15, 0.2) is 81.4 Å². The van der Waals surface area contributed by atoms with Crippen molar-refractivity contribution in [2.24, 2.45) is 0 Å². The van der Waals surface area contributed by atoms with Gasteiger partial charge >= 0.3 is 0 Å². The molecule has 0 radical (unpaired) electrons. The fourth-order valence-electron chi connectivity index (χ4n) is 2.57. The number of hydrogen-bond donors (Lipinski definition) is 1. The Kier molecular flexibility index (Phi) is 5.65. The van der Waals surface area contributed by atoms with Crippen molar-refractivity contribution in [3.63, 3.8) is 0 Å². The average molecular weight is 434 g/mol. The molecule has 0 aliphatic rings. The maximum Gasteiger partial charge on any atom is 0.298 e. The van der Waals surface area contributed by atoms with Crippen LogP contribution in [0, 0.1) is 6.92 Å². The van der Waals surface area contributed by atoms with Crippen LogP contribution in [-0.2, 0) is 20.0 Å². The summed E-state index contributed by atoms with van der Waals surface area (Å²) in [6.45, 7) is 1.82. The molecule has 0 spiro atoms. The van der Waals surface area contributed by atoms with Crippen molar-refractivity contribution >= 4 is 20.0 Å². The molecule has 7 nitrogen and oxygen atoms in total. The molecule has 3 aromatic rings. The Morgan fingerprint density at radius 2 is 1.31 bits per heavy atom. The molecule has 3 aromatic carbocycles. The zero-order valence-electron chi connectivity index (χ0n) is 15.6. The molecule has 152 valence electrons. The van der Waals surface area contributed by atoms with Crippen molar-refractivity contribution in [1.29, 1.82) is 0 Å². The molecule has 0 unspecified atom stereocenters. The smallest absolute Gasteiger partial charge is 0.298 e. The highest BCUT2D eigenvalue weighted by Crippen LogP contribution is 2.33. The third-order valence-electron chi connectivity index (χ3n) is 4.12. The number of benzene rings is 3. The van der Waals surface area contributed by atoms with Gasteiger partial charge in [-0.2, -0.15) is 8.42 Å². The van der Waals surface area contributed by atoms with E-state index in [1.54, 1.807) is 36.4 Å². The van der Waals surface area contributed by atoms with E-state index in [9.17, 15) is 21.4 Å². The summed E-state index contributed by atoms with van der Waals surface area (Å²) >= 11 is 0. The van der Waals surface area contributed by atoms with Gasteiger partial charge in [-0.05, 0) is 61.5 Å². The van der Waals surface area contributed by atoms with Gasteiger partial charge in [0.25, 0.3) is 10.1 Å². The van der Waals surface area contributed by atoms with Crippen LogP contribution in [0.1, 0.15) is 5.56 Å². The second-order valence-electron chi connectivity index (χ2n) is 6.18. The van der Waals surface area contributed by atoms with Crippen LogP contribution in [-0.4, -0.2) is 28.5 Å². The number of sulfone groups is 1. The van der Waals surface area contributed by atoms with Gasteiger partial charge in [0.15, 0.2) is 0 Å². The van der Waals surface area contributed by atoms with E-state index < -0.39 is 24.9 Å². The van der Waals surface area contributed by atoms with Crippen molar-refractivity contribution in [2.45, 2.75) is 21.6 Å². The molecular weight excluding hydrogens is 416 g/mol. The van der Waals surface area contributed by atoms with Gasteiger partial charge in [0, 0.05) is 0 Å². The van der Waals surface area contributed by atoms with Crippen LogP contribution < -0.4 is 9.47 Å². The number of aryl methyl sites for hydroxylation is 1. The Bertz CT molecular complexity index is 1230.